The number of aliphatic hydroxyl groups excluding tert-OH is 1. The maximum atomic E-state index is 9.31. The largest absolute Gasteiger partial charge is 0.391 e. The van der Waals surface area contributed by atoms with Crippen LogP contribution in [0.2, 0.25) is 0 Å². The Morgan fingerprint density at radius 1 is 1.46 bits per heavy atom. The zero-order valence-electron chi connectivity index (χ0n) is 7.90. The van der Waals surface area contributed by atoms with E-state index in [4.69, 9.17) is 5.73 Å². The zero-order valence-corrected chi connectivity index (χ0v) is 8.71. The van der Waals surface area contributed by atoms with Crippen LogP contribution in [0.4, 0.5) is 0 Å². The number of benzene rings is 1. The van der Waals surface area contributed by atoms with E-state index in [1.54, 1.807) is 18.7 Å². The van der Waals surface area contributed by atoms with Crippen LogP contribution in [0.3, 0.4) is 0 Å². The van der Waals surface area contributed by atoms with E-state index in [9.17, 15) is 5.11 Å². The van der Waals surface area contributed by atoms with E-state index in [1.807, 2.05) is 30.5 Å². The Balaban J connectivity index is 2.88. The third-order valence-electron chi connectivity index (χ3n) is 2.00. The summed E-state index contributed by atoms with van der Waals surface area (Å²) in [6.45, 7) is 1.70. The fraction of sp³-hybridized carbons (Fsp3) is 0.400. The lowest BCUT2D eigenvalue weighted by Gasteiger charge is -2.15. The molecule has 0 saturated heterocycles. The second-order valence-corrected chi connectivity index (χ2v) is 3.92. The van der Waals surface area contributed by atoms with Crippen molar-refractivity contribution in [2.45, 2.75) is 24.0 Å². The van der Waals surface area contributed by atoms with Crippen molar-refractivity contribution in [3.8, 4) is 0 Å². The van der Waals surface area contributed by atoms with Gasteiger partial charge in [-0.25, -0.2) is 0 Å². The predicted octanol–water partition coefficient (Wildman–Crippen LogP) is 1.79. The Labute approximate surface area is 83.1 Å². The average Bonchev–Trinajstić information content (AvgIpc) is 2.16. The summed E-state index contributed by atoms with van der Waals surface area (Å²) in [7, 11) is 0. The molecule has 1 aromatic rings. The van der Waals surface area contributed by atoms with E-state index in [-0.39, 0.29) is 6.04 Å². The molecule has 72 valence electrons. The molecule has 0 fully saturated rings. The van der Waals surface area contributed by atoms with Crippen LogP contribution in [0, 0.1) is 0 Å². The lowest BCUT2D eigenvalue weighted by molar-refractivity contribution is 0.164. The first-order valence-corrected chi connectivity index (χ1v) is 5.45. The first-order chi connectivity index (χ1) is 6.15. The topological polar surface area (TPSA) is 46.2 Å². The summed E-state index contributed by atoms with van der Waals surface area (Å²) in [6, 6.07) is 7.66. The molecule has 0 saturated carbocycles. The second-order valence-electron chi connectivity index (χ2n) is 3.04. The minimum atomic E-state index is -0.503. The van der Waals surface area contributed by atoms with Crippen molar-refractivity contribution in [3.63, 3.8) is 0 Å². The second kappa shape index (κ2) is 4.65. The summed E-state index contributed by atoms with van der Waals surface area (Å²) in [6.07, 6.45) is 1.52. The normalized spacial score (nSPS) is 15.4. The van der Waals surface area contributed by atoms with Gasteiger partial charge in [0.15, 0.2) is 0 Å². The zero-order chi connectivity index (χ0) is 9.84. The maximum absolute atomic E-state index is 9.31. The van der Waals surface area contributed by atoms with Gasteiger partial charge in [0, 0.05) is 4.90 Å². The number of thioether (sulfide) groups is 1. The first-order valence-electron chi connectivity index (χ1n) is 4.22. The van der Waals surface area contributed by atoms with Crippen LogP contribution < -0.4 is 5.73 Å². The molecule has 0 aromatic heterocycles. The van der Waals surface area contributed by atoms with Crippen molar-refractivity contribution >= 4 is 11.8 Å². The minimum absolute atomic E-state index is 0.285. The Kier molecular flexibility index (Phi) is 3.78. The van der Waals surface area contributed by atoms with Gasteiger partial charge < -0.3 is 10.8 Å². The highest BCUT2D eigenvalue weighted by Crippen LogP contribution is 2.20. The summed E-state index contributed by atoms with van der Waals surface area (Å²) in [5.74, 6) is 0. The molecule has 2 unspecified atom stereocenters. The van der Waals surface area contributed by atoms with Crippen LogP contribution in [-0.4, -0.2) is 17.5 Å². The standard InChI is InChI=1S/C10H15NOS/c1-7(12)10(11)8-4-3-5-9(6-8)13-2/h3-7,10,12H,11H2,1-2H3. The van der Waals surface area contributed by atoms with Gasteiger partial charge in [-0.1, -0.05) is 12.1 Å². The lowest BCUT2D eigenvalue weighted by Crippen LogP contribution is -2.23. The highest BCUT2D eigenvalue weighted by atomic mass is 32.2. The van der Waals surface area contributed by atoms with Crippen LogP contribution >= 0.6 is 11.8 Å². The molecular formula is C10H15NOS. The average molecular weight is 197 g/mol. The van der Waals surface area contributed by atoms with E-state index in [2.05, 4.69) is 0 Å². The first kappa shape index (κ1) is 10.6. The van der Waals surface area contributed by atoms with Crippen molar-refractivity contribution in [1.82, 2.24) is 0 Å². The molecule has 0 radical (unpaired) electrons. The van der Waals surface area contributed by atoms with E-state index in [1.165, 1.54) is 4.90 Å². The molecule has 0 bridgehead atoms. The summed E-state index contributed by atoms with van der Waals surface area (Å²) in [5, 5.41) is 9.31. The predicted molar refractivity (Wildman–Crippen MR) is 56.8 cm³/mol. The van der Waals surface area contributed by atoms with Crippen LogP contribution in [0.15, 0.2) is 29.2 Å². The molecule has 0 aliphatic carbocycles. The SMILES string of the molecule is CSc1cccc(C(N)C(C)O)c1. The van der Waals surface area contributed by atoms with Gasteiger partial charge >= 0.3 is 0 Å². The number of nitrogens with two attached hydrogens (primary N) is 1. The molecule has 2 nitrogen and oxygen atoms in total. The van der Waals surface area contributed by atoms with Gasteiger partial charge in [0.25, 0.3) is 0 Å². The van der Waals surface area contributed by atoms with Crippen LogP contribution in [0.25, 0.3) is 0 Å². The number of hydrogen-bond acceptors (Lipinski definition) is 3. The van der Waals surface area contributed by atoms with Gasteiger partial charge in [-0.2, -0.15) is 0 Å². The lowest BCUT2D eigenvalue weighted by atomic mass is 10.0. The highest BCUT2D eigenvalue weighted by molar-refractivity contribution is 7.98. The maximum Gasteiger partial charge on any atom is 0.0704 e. The molecule has 3 heteroatoms. The Bertz CT molecular complexity index is 275. The van der Waals surface area contributed by atoms with Crippen LogP contribution in [0.5, 0.6) is 0 Å². The summed E-state index contributed by atoms with van der Waals surface area (Å²) in [4.78, 5) is 1.17. The van der Waals surface area contributed by atoms with Crippen molar-refractivity contribution in [3.05, 3.63) is 29.8 Å². The molecule has 0 aliphatic rings. The van der Waals surface area contributed by atoms with Gasteiger partial charge in [0.05, 0.1) is 12.1 Å². The smallest absolute Gasteiger partial charge is 0.0704 e. The number of rotatable bonds is 3. The monoisotopic (exact) mass is 197 g/mol. The molecule has 13 heavy (non-hydrogen) atoms. The molecular weight excluding hydrogens is 182 g/mol. The van der Waals surface area contributed by atoms with Gasteiger partial charge in [-0.3, -0.25) is 0 Å². The molecule has 2 atom stereocenters. The molecule has 3 N–H and O–H groups in total. The number of hydrogen-bond donors (Lipinski definition) is 2. The highest BCUT2D eigenvalue weighted by Gasteiger charge is 2.11. The van der Waals surface area contributed by atoms with Crippen LogP contribution in [0.1, 0.15) is 18.5 Å². The Morgan fingerprint density at radius 3 is 2.69 bits per heavy atom. The van der Waals surface area contributed by atoms with Gasteiger partial charge in [0.1, 0.15) is 0 Å². The van der Waals surface area contributed by atoms with Gasteiger partial charge in [-0.15, -0.1) is 11.8 Å². The van der Waals surface area contributed by atoms with Crippen molar-refractivity contribution < 1.29 is 5.11 Å². The third-order valence-corrected chi connectivity index (χ3v) is 2.72. The van der Waals surface area contributed by atoms with Gasteiger partial charge in [0.2, 0.25) is 0 Å². The molecule has 0 heterocycles. The quantitative estimate of drug-likeness (QED) is 0.726. The molecule has 0 amide bonds. The molecule has 0 spiro atoms. The fourth-order valence-corrected chi connectivity index (χ4v) is 1.60. The summed E-state index contributed by atoms with van der Waals surface area (Å²) in [5.41, 5.74) is 6.79. The molecule has 1 rings (SSSR count). The van der Waals surface area contributed by atoms with E-state index < -0.39 is 6.10 Å². The van der Waals surface area contributed by atoms with E-state index in [0.717, 1.165) is 5.56 Å². The van der Waals surface area contributed by atoms with E-state index >= 15 is 0 Å². The van der Waals surface area contributed by atoms with Crippen molar-refractivity contribution in [2.75, 3.05) is 6.26 Å². The third kappa shape index (κ3) is 2.72. The summed E-state index contributed by atoms with van der Waals surface area (Å²) >= 11 is 1.67. The fourth-order valence-electron chi connectivity index (χ4n) is 1.13. The van der Waals surface area contributed by atoms with Crippen molar-refractivity contribution in [1.29, 1.82) is 0 Å². The molecule has 1 aromatic carbocycles. The van der Waals surface area contributed by atoms with Crippen LogP contribution in [-0.2, 0) is 0 Å². The number of aliphatic hydroxyl groups is 1. The Morgan fingerprint density at radius 2 is 2.15 bits per heavy atom. The summed E-state index contributed by atoms with van der Waals surface area (Å²) < 4.78 is 0. The van der Waals surface area contributed by atoms with Gasteiger partial charge in [-0.05, 0) is 30.9 Å². The van der Waals surface area contributed by atoms with Crippen molar-refractivity contribution in [2.24, 2.45) is 5.73 Å². The molecule has 0 aliphatic heterocycles. The van der Waals surface area contributed by atoms with E-state index in [0.29, 0.717) is 0 Å². The minimum Gasteiger partial charge on any atom is -0.391 e. The Hall–Kier alpha value is -0.510.